The van der Waals surface area contributed by atoms with Crippen LogP contribution in [0.4, 0.5) is 0 Å². The van der Waals surface area contributed by atoms with E-state index in [0.717, 1.165) is 17.1 Å². The van der Waals surface area contributed by atoms with E-state index in [1.807, 2.05) is 30.5 Å². The fraction of sp³-hybridized carbons (Fsp3) is 0.375. The number of furan rings is 1. The summed E-state index contributed by atoms with van der Waals surface area (Å²) in [4.78, 5) is 23.7. The van der Waals surface area contributed by atoms with Crippen LogP contribution in [0.1, 0.15) is 33.9 Å². The van der Waals surface area contributed by atoms with Gasteiger partial charge in [-0.15, -0.1) is 0 Å². The molecular formula is C16H17NO5. The highest BCUT2D eigenvalue weighted by Gasteiger charge is 2.31. The van der Waals surface area contributed by atoms with Crippen LogP contribution in [-0.4, -0.2) is 29.2 Å². The smallest absolute Gasteiger partial charge is 0.347 e. The fourth-order valence-electron chi connectivity index (χ4n) is 2.59. The van der Waals surface area contributed by atoms with Crippen molar-refractivity contribution >= 4 is 11.9 Å². The van der Waals surface area contributed by atoms with E-state index in [4.69, 9.17) is 13.9 Å². The molecule has 0 N–H and O–H groups in total. The molecule has 116 valence electrons. The molecule has 0 aromatic carbocycles. The molecule has 0 radical (unpaired) electrons. The third-order valence-corrected chi connectivity index (χ3v) is 3.82. The van der Waals surface area contributed by atoms with Crippen LogP contribution in [0.15, 0.2) is 28.9 Å². The van der Waals surface area contributed by atoms with E-state index in [2.05, 4.69) is 0 Å². The second-order valence-corrected chi connectivity index (χ2v) is 5.30. The summed E-state index contributed by atoms with van der Waals surface area (Å²) in [6.45, 7) is 4.60. The number of esters is 2. The highest BCUT2D eigenvalue weighted by molar-refractivity contribution is 5.93. The lowest BCUT2D eigenvalue weighted by Gasteiger charge is -2.09. The number of cyclic esters (lactones) is 1. The number of hydrogen-bond acceptors (Lipinski definition) is 5. The average molecular weight is 303 g/mol. The van der Waals surface area contributed by atoms with Gasteiger partial charge in [0.25, 0.3) is 0 Å². The average Bonchev–Trinajstić information content (AvgIpc) is 3.18. The van der Waals surface area contributed by atoms with E-state index < -0.39 is 18.0 Å². The largest absolute Gasteiger partial charge is 0.467 e. The molecule has 1 unspecified atom stereocenters. The lowest BCUT2D eigenvalue weighted by atomic mass is 10.2. The molecule has 6 heteroatoms. The zero-order chi connectivity index (χ0) is 15.7. The molecule has 1 aliphatic heterocycles. The third kappa shape index (κ3) is 2.64. The Kier molecular flexibility index (Phi) is 3.75. The van der Waals surface area contributed by atoms with Crippen LogP contribution in [0.5, 0.6) is 0 Å². The Morgan fingerprint density at radius 2 is 2.27 bits per heavy atom. The van der Waals surface area contributed by atoms with Crippen molar-refractivity contribution in [1.29, 1.82) is 0 Å². The summed E-state index contributed by atoms with van der Waals surface area (Å²) >= 11 is 0. The number of carbonyl (C=O) groups excluding carboxylic acids is 2. The van der Waals surface area contributed by atoms with E-state index in [-0.39, 0.29) is 0 Å². The predicted octanol–water partition coefficient (Wildman–Crippen LogP) is 2.22. The van der Waals surface area contributed by atoms with E-state index in [1.54, 1.807) is 12.3 Å². The number of rotatable bonds is 4. The minimum absolute atomic E-state index is 0.300. The molecule has 0 saturated carbocycles. The van der Waals surface area contributed by atoms with Crippen LogP contribution in [0, 0.1) is 13.8 Å². The van der Waals surface area contributed by atoms with Crippen LogP contribution < -0.4 is 0 Å². The Bertz CT molecular complexity index is 698. The first kappa shape index (κ1) is 14.4. The van der Waals surface area contributed by atoms with Gasteiger partial charge >= 0.3 is 11.9 Å². The maximum absolute atomic E-state index is 12.3. The first-order chi connectivity index (χ1) is 10.6. The van der Waals surface area contributed by atoms with Crippen molar-refractivity contribution in [3.05, 3.63) is 47.2 Å². The van der Waals surface area contributed by atoms with Gasteiger partial charge < -0.3 is 18.5 Å². The zero-order valence-electron chi connectivity index (χ0n) is 12.5. The fourth-order valence-corrected chi connectivity index (χ4v) is 2.59. The number of ether oxygens (including phenoxy) is 2. The van der Waals surface area contributed by atoms with Gasteiger partial charge in [0, 0.05) is 17.8 Å². The highest BCUT2D eigenvalue weighted by atomic mass is 16.6. The topological polar surface area (TPSA) is 70.7 Å². The van der Waals surface area contributed by atoms with Crippen LogP contribution in [0.2, 0.25) is 0 Å². The minimum Gasteiger partial charge on any atom is -0.467 e. The highest BCUT2D eigenvalue weighted by Crippen LogP contribution is 2.20. The van der Waals surface area contributed by atoms with Gasteiger partial charge in [-0.3, -0.25) is 0 Å². The summed E-state index contributed by atoms with van der Waals surface area (Å²) in [7, 11) is 0. The molecule has 0 aliphatic carbocycles. The molecule has 3 heterocycles. The maximum atomic E-state index is 12.3. The van der Waals surface area contributed by atoms with Crippen molar-refractivity contribution in [3.8, 4) is 0 Å². The molecular weight excluding hydrogens is 286 g/mol. The first-order valence-corrected chi connectivity index (χ1v) is 7.13. The number of nitrogens with zero attached hydrogens (tertiary/aromatic N) is 1. The summed E-state index contributed by atoms with van der Waals surface area (Å²) in [5.41, 5.74) is 2.17. The molecule has 0 spiro atoms. The Labute approximate surface area is 127 Å². The number of aromatic nitrogens is 1. The van der Waals surface area contributed by atoms with E-state index in [0.29, 0.717) is 25.1 Å². The van der Waals surface area contributed by atoms with E-state index in [9.17, 15) is 9.59 Å². The summed E-state index contributed by atoms with van der Waals surface area (Å²) in [5, 5.41) is 0. The van der Waals surface area contributed by atoms with Crippen LogP contribution in [-0.2, 0) is 20.8 Å². The summed E-state index contributed by atoms with van der Waals surface area (Å²) < 4.78 is 17.4. The minimum atomic E-state index is -0.791. The number of carbonyl (C=O) groups is 2. The first-order valence-electron chi connectivity index (χ1n) is 7.13. The van der Waals surface area contributed by atoms with Gasteiger partial charge in [-0.05, 0) is 32.0 Å². The van der Waals surface area contributed by atoms with Crippen molar-refractivity contribution in [1.82, 2.24) is 4.57 Å². The van der Waals surface area contributed by atoms with Gasteiger partial charge in [0.15, 0.2) is 0 Å². The quantitative estimate of drug-likeness (QED) is 0.810. The standard InChI is InChI=1S/C16H17NO5/c1-10-8-13(15(18)22-14-5-7-21-16(14)19)11(2)17(10)9-12-4-3-6-20-12/h3-4,6,8,14H,5,7,9H2,1-2H3. The van der Waals surface area contributed by atoms with Crippen molar-refractivity contribution in [2.45, 2.75) is 32.9 Å². The van der Waals surface area contributed by atoms with Gasteiger partial charge in [0.2, 0.25) is 6.10 Å². The van der Waals surface area contributed by atoms with Gasteiger partial charge in [-0.1, -0.05) is 0 Å². The zero-order valence-corrected chi connectivity index (χ0v) is 12.5. The molecule has 0 bridgehead atoms. The Hall–Kier alpha value is -2.50. The van der Waals surface area contributed by atoms with Crippen molar-refractivity contribution in [3.63, 3.8) is 0 Å². The normalized spacial score (nSPS) is 17.5. The lowest BCUT2D eigenvalue weighted by Crippen LogP contribution is -2.23. The SMILES string of the molecule is Cc1cc(C(=O)OC2CCOC2=O)c(C)n1Cc1ccco1. The summed E-state index contributed by atoms with van der Waals surface area (Å²) in [5.74, 6) is -0.165. The summed E-state index contributed by atoms with van der Waals surface area (Å²) in [6.07, 6.45) is 1.24. The molecule has 1 fully saturated rings. The Morgan fingerprint density at radius 1 is 1.45 bits per heavy atom. The molecule has 3 rings (SSSR count). The molecule has 1 atom stereocenters. The van der Waals surface area contributed by atoms with Gasteiger partial charge in [0.05, 0.1) is 25.0 Å². The predicted molar refractivity (Wildman–Crippen MR) is 76.5 cm³/mol. The van der Waals surface area contributed by atoms with Crippen LogP contribution in [0.3, 0.4) is 0 Å². The molecule has 2 aromatic rings. The molecule has 1 aliphatic rings. The molecule has 6 nitrogen and oxygen atoms in total. The van der Waals surface area contributed by atoms with E-state index >= 15 is 0 Å². The third-order valence-electron chi connectivity index (χ3n) is 3.82. The second-order valence-electron chi connectivity index (χ2n) is 5.30. The molecule has 2 aromatic heterocycles. The summed E-state index contributed by atoms with van der Waals surface area (Å²) in [6, 6.07) is 5.47. The maximum Gasteiger partial charge on any atom is 0.347 e. The number of hydrogen-bond donors (Lipinski definition) is 0. The molecule has 0 amide bonds. The van der Waals surface area contributed by atoms with Gasteiger partial charge in [0.1, 0.15) is 5.76 Å². The lowest BCUT2D eigenvalue weighted by molar-refractivity contribution is -0.145. The Morgan fingerprint density at radius 3 is 2.91 bits per heavy atom. The number of aryl methyl sites for hydroxylation is 1. The molecule has 22 heavy (non-hydrogen) atoms. The second kappa shape index (κ2) is 5.71. The van der Waals surface area contributed by atoms with Gasteiger partial charge in [-0.2, -0.15) is 0 Å². The van der Waals surface area contributed by atoms with Crippen molar-refractivity contribution in [2.75, 3.05) is 6.61 Å². The van der Waals surface area contributed by atoms with Crippen LogP contribution >= 0.6 is 0 Å². The molecule has 1 saturated heterocycles. The van der Waals surface area contributed by atoms with Crippen molar-refractivity contribution < 1.29 is 23.5 Å². The van der Waals surface area contributed by atoms with Crippen molar-refractivity contribution in [2.24, 2.45) is 0 Å². The van der Waals surface area contributed by atoms with E-state index in [1.165, 1.54) is 0 Å². The monoisotopic (exact) mass is 303 g/mol. The Balaban J connectivity index is 1.79. The van der Waals surface area contributed by atoms with Gasteiger partial charge in [-0.25, -0.2) is 9.59 Å². The van der Waals surface area contributed by atoms with Crippen LogP contribution in [0.25, 0.3) is 0 Å².